The van der Waals surface area contributed by atoms with Crippen LogP contribution in [0.4, 0.5) is 0 Å². The van der Waals surface area contributed by atoms with Crippen LogP contribution in [0.5, 0.6) is 0 Å². The first-order valence-corrected chi connectivity index (χ1v) is 8.36. The summed E-state index contributed by atoms with van der Waals surface area (Å²) in [5.74, 6) is -1.19. The highest BCUT2D eigenvalue weighted by molar-refractivity contribution is 5.89. The Kier molecular flexibility index (Phi) is 5.97. The Hall–Kier alpha value is -2.89. The number of benzene rings is 1. The maximum absolute atomic E-state index is 11.8. The number of hydrogen-bond acceptors (Lipinski definition) is 5. The van der Waals surface area contributed by atoms with Crippen LogP contribution in [0.2, 0.25) is 0 Å². The third-order valence-corrected chi connectivity index (χ3v) is 3.49. The SMILES string of the molecule is Cc1nn(-c2ccccc2)c(C)c1/C=C/C(=O)OCC(=O)OC(C)(C)C. The van der Waals surface area contributed by atoms with Crippen LogP contribution >= 0.6 is 0 Å². The van der Waals surface area contributed by atoms with Gasteiger partial charge in [-0.2, -0.15) is 5.10 Å². The van der Waals surface area contributed by atoms with Gasteiger partial charge in [0.05, 0.1) is 11.4 Å². The second-order valence-electron chi connectivity index (χ2n) is 6.86. The smallest absolute Gasteiger partial charge is 0.344 e. The van der Waals surface area contributed by atoms with E-state index >= 15 is 0 Å². The molecule has 0 N–H and O–H groups in total. The molecule has 6 nitrogen and oxygen atoms in total. The molecule has 1 aromatic heterocycles. The number of aromatic nitrogens is 2. The molecule has 0 atom stereocenters. The van der Waals surface area contributed by atoms with Gasteiger partial charge in [-0.05, 0) is 52.8 Å². The predicted molar refractivity (Wildman–Crippen MR) is 98.9 cm³/mol. The van der Waals surface area contributed by atoms with E-state index in [4.69, 9.17) is 9.47 Å². The Bertz CT molecular complexity index is 814. The topological polar surface area (TPSA) is 70.4 Å². The molecule has 0 spiro atoms. The average molecular weight is 356 g/mol. The average Bonchev–Trinajstić information content (AvgIpc) is 2.85. The lowest BCUT2D eigenvalue weighted by Crippen LogP contribution is -2.27. The second-order valence-corrected chi connectivity index (χ2v) is 6.86. The van der Waals surface area contributed by atoms with Crippen LogP contribution in [-0.4, -0.2) is 33.9 Å². The lowest BCUT2D eigenvalue weighted by Gasteiger charge is -2.19. The highest BCUT2D eigenvalue weighted by atomic mass is 16.6. The van der Waals surface area contributed by atoms with Gasteiger partial charge in [-0.25, -0.2) is 14.3 Å². The summed E-state index contributed by atoms with van der Waals surface area (Å²) < 4.78 is 11.8. The zero-order chi connectivity index (χ0) is 19.3. The van der Waals surface area contributed by atoms with E-state index < -0.39 is 24.1 Å². The van der Waals surface area contributed by atoms with Crippen molar-refractivity contribution in [2.75, 3.05) is 6.61 Å². The molecule has 138 valence electrons. The monoisotopic (exact) mass is 356 g/mol. The van der Waals surface area contributed by atoms with Crippen molar-refractivity contribution in [1.82, 2.24) is 9.78 Å². The summed E-state index contributed by atoms with van der Waals surface area (Å²) in [7, 11) is 0. The fourth-order valence-corrected chi connectivity index (χ4v) is 2.42. The lowest BCUT2D eigenvalue weighted by atomic mass is 10.2. The Morgan fingerprint density at radius 3 is 2.42 bits per heavy atom. The van der Waals surface area contributed by atoms with Crippen molar-refractivity contribution >= 4 is 18.0 Å². The van der Waals surface area contributed by atoms with Gasteiger partial charge in [-0.3, -0.25) is 0 Å². The van der Waals surface area contributed by atoms with Crippen molar-refractivity contribution in [2.24, 2.45) is 0 Å². The van der Waals surface area contributed by atoms with Gasteiger partial charge in [0, 0.05) is 17.3 Å². The zero-order valence-corrected chi connectivity index (χ0v) is 15.8. The molecule has 0 aliphatic rings. The predicted octanol–water partition coefficient (Wildman–Crippen LogP) is 3.39. The quantitative estimate of drug-likeness (QED) is 0.607. The van der Waals surface area contributed by atoms with E-state index in [0.29, 0.717) is 0 Å². The van der Waals surface area contributed by atoms with Crippen molar-refractivity contribution in [3.63, 3.8) is 0 Å². The summed E-state index contributed by atoms with van der Waals surface area (Å²) >= 11 is 0. The van der Waals surface area contributed by atoms with Gasteiger partial charge in [-0.15, -0.1) is 0 Å². The highest BCUT2D eigenvalue weighted by Gasteiger charge is 2.17. The van der Waals surface area contributed by atoms with Crippen LogP contribution in [0.25, 0.3) is 11.8 Å². The van der Waals surface area contributed by atoms with Gasteiger partial charge < -0.3 is 9.47 Å². The summed E-state index contributed by atoms with van der Waals surface area (Å²) in [6.45, 7) is 8.65. The van der Waals surface area contributed by atoms with Crippen LogP contribution in [0.3, 0.4) is 0 Å². The molecule has 26 heavy (non-hydrogen) atoms. The Morgan fingerprint density at radius 1 is 1.15 bits per heavy atom. The first-order chi connectivity index (χ1) is 12.2. The second kappa shape index (κ2) is 7.99. The van der Waals surface area contributed by atoms with Crippen LogP contribution in [-0.2, 0) is 19.1 Å². The van der Waals surface area contributed by atoms with Crippen LogP contribution in [0, 0.1) is 13.8 Å². The normalized spacial score (nSPS) is 11.6. The number of para-hydroxylation sites is 1. The van der Waals surface area contributed by atoms with Gasteiger partial charge >= 0.3 is 11.9 Å². The molecule has 0 saturated heterocycles. The largest absolute Gasteiger partial charge is 0.457 e. The number of hydrogen-bond donors (Lipinski definition) is 0. The van der Waals surface area contributed by atoms with E-state index in [1.54, 1.807) is 26.8 Å². The molecule has 0 radical (unpaired) electrons. The first-order valence-electron chi connectivity index (χ1n) is 8.36. The molecule has 0 bridgehead atoms. The van der Waals surface area contributed by atoms with Crippen LogP contribution in [0.1, 0.15) is 37.7 Å². The Morgan fingerprint density at radius 2 is 1.81 bits per heavy atom. The maximum Gasteiger partial charge on any atom is 0.344 e. The number of nitrogens with zero attached hydrogens (tertiary/aromatic N) is 2. The van der Waals surface area contributed by atoms with E-state index in [-0.39, 0.29) is 0 Å². The third-order valence-electron chi connectivity index (χ3n) is 3.49. The molecule has 0 fully saturated rings. The summed E-state index contributed by atoms with van der Waals surface area (Å²) in [4.78, 5) is 23.4. The fourth-order valence-electron chi connectivity index (χ4n) is 2.42. The van der Waals surface area contributed by atoms with Crippen molar-refractivity contribution in [3.05, 3.63) is 53.4 Å². The minimum Gasteiger partial charge on any atom is -0.457 e. The summed E-state index contributed by atoms with van der Waals surface area (Å²) in [6.07, 6.45) is 2.94. The molecule has 0 aliphatic heterocycles. The highest BCUT2D eigenvalue weighted by Crippen LogP contribution is 2.19. The molecule has 1 heterocycles. The Labute approximate surface area is 153 Å². The van der Waals surface area contributed by atoms with Gasteiger partial charge in [0.1, 0.15) is 5.60 Å². The molecule has 0 amide bonds. The number of aryl methyl sites for hydroxylation is 1. The lowest BCUT2D eigenvalue weighted by molar-refractivity contribution is -0.164. The number of rotatable bonds is 5. The fraction of sp³-hybridized carbons (Fsp3) is 0.350. The summed E-state index contributed by atoms with van der Waals surface area (Å²) in [6, 6.07) is 9.74. The van der Waals surface area contributed by atoms with Gasteiger partial charge in [-0.1, -0.05) is 18.2 Å². The van der Waals surface area contributed by atoms with Crippen molar-refractivity contribution in [1.29, 1.82) is 0 Å². The van der Waals surface area contributed by atoms with Crippen molar-refractivity contribution in [3.8, 4) is 5.69 Å². The Balaban J connectivity index is 2.03. The first kappa shape index (κ1) is 19.4. The van der Waals surface area contributed by atoms with Crippen LogP contribution < -0.4 is 0 Å². The van der Waals surface area contributed by atoms with E-state index in [1.165, 1.54) is 6.08 Å². The van der Waals surface area contributed by atoms with Crippen molar-refractivity contribution < 1.29 is 19.1 Å². The minimum atomic E-state index is -0.612. The minimum absolute atomic E-state index is 0.415. The molecule has 1 aromatic carbocycles. The molecule has 0 aliphatic carbocycles. The molecular formula is C20H24N2O4. The van der Waals surface area contributed by atoms with E-state index in [1.807, 2.05) is 48.9 Å². The van der Waals surface area contributed by atoms with E-state index in [9.17, 15) is 9.59 Å². The maximum atomic E-state index is 11.8. The van der Waals surface area contributed by atoms with E-state index in [0.717, 1.165) is 22.6 Å². The van der Waals surface area contributed by atoms with Gasteiger partial charge in [0.25, 0.3) is 0 Å². The number of carbonyl (C=O) groups is 2. The van der Waals surface area contributed by atoms with Gasteiger partial charge in [0.15, 0.2) is 6.61 Å². The standard InChI is InChI=1S/C20H24N2O4/c1-14-17(15(2)22(21-14)16-9-7-6-8-10-16)11-12-18(23)25-13-19(24)26-20(3,4)5/h6-12H,13H2,1-5H3/b12-11+. The van der Waals surface area contributed by atoms with Gasteiger partial charge in [0.2, 0.25) is 0 Å². The number of carbonyl (C=O) groups excluding carboxylic acids is 2. The molecular weight excluding hydrogens is 332 g/mol. The third kappa shape index (κ3) is 5.31. The van der Waals surface area contributed by atoms with Crippen molar-refractivity contribution in [2.45, 2.75) is 40.2 Å². The number of ether oxygens (including phenoxy) is 2. The molecule has 2 aromatic rings. The molecule has 2 rings (SSSR count). The van der Waals surface area contributed by atoms with E-state index in [2.05, 4.69) is 5.10 Å². The summed E-state index contributed by atoms with van der Waals surface area (Å²) in [5.41, 5.74) is 2.87. The summed E-state index contributed by atoms with van der Waals surface area (Å²) in [5, 5.41) is 4.51. The molecule has 6 heteroatoms. The zero-order valence-electron chi connectivity index (χ0n) is 15.8. The number of esters is 2. The molecule has 0 unspecified atom stereocenters. The molecule has 0 saturated carbocycles. The van der Waals surface area contributed by atoms with Crippen LogP contribution in [0.15, 0.2) is 36.4 Å².